The number of hydrogen-bond acceptors (Lipinski definition) is 3. The number of carboxylic acid groups (broad SMARTS) is 1. The zero-order valence-corrected chi connectivity index (χ0v) is 10.7. The summed E-state index contributed by atoms with van der Waals surface area (Å²) in [7, 11) is 0. The summed E-state index contributed by atoms with van der Waals surface area (Å²) >= 11 is 0. The molecule has 1 N–H and O–H groups in total. The fourth-order valence-electron chi connectivity index (χ4n) is 2.21. The van der Waals surface area contributed by atoms with E-state index in [1.54, 1.807) is 16.8 Å². The lowest BCUT2D eigenvalue weighted by Gasteiger charge is -2.03. The highest BCUT2D eigenvalue weighted by Gasteiger charge is 2.13. The quantitative estimate of drug-likeness (QED) is 0.788. The van der Waals surface area contributed by atoms with Crippen LogP contribution < -0.4 is 0 Å². The highest BCUT2D eigenvalue weighted by atomic mass is 16.4. The average Bonchev–Trinajstić information content (AvgIpc) is 2.89. The minimum Gasteiger partial charge on any atom is -0.478 e. The molecule has 0 saturated carbocycles. The number of benzene rings is 2. The first-order valence-electron chi connectivity index (χ1n) is 6.35. The van der Waals surface area contributed by atoms with Gasteiger partial charge in [0.15, 0.2) is 0 Å². The van der Waals surface area contributed by atoms with E-state index < -0.39 is 5.97 Å². The molecule has 0 bridgehead atoms. The smallest absolute Gasteiger partial charge is 0.338 e. The lowest BCUT2D eigenvalue weighted by Crippen LogP contribution is -2.03. The topological polar surface area (TPSA) is 68.0 Å². The van der Waals surface area contributed by atoms with Gasteiger partial charge in [0.25, 0.3) is 0 Å². The summed E-state index contributed by atoms with van der Waals surface area (Å²) in [5.41, 5.74) is 2.59. The first kappa shape index (κ1) is 12.3. The van der Waals surface area contributed by atoms with Gasteiger partial charge < -0.3 is 5.11 Å². The number of rotatable bonds is 4. The van der Waals surface area contributed by atoms with Gasteiger partial charge in [-0.15, -0.1) is 5.10 Å². The molecule has 0 spiro atoms. The van der Waals surface area contributed by atoms with Gasteiger partial charge in [0.2, 0.25) is 0 Å². The number of aryl methyl sites for hydroxylation is 2. The summed E-state index contributed by atoms with van der Waals surface area (Å²) in [4.78, 5) is 11.1. The molecule has 0 radical (unpaired) electrons. The molecule has 5 heteroatoms. The van der Waals surface area contributed by atoms with E-state index >= 15 is 0 Å². The second-order valence-corrected chi connectivity index (χ2v) is 4.53. The van der Waals surface area contributed by atoms with Crippen molar-refractivity contribution in [1.82, 2.24) is 15.0 Å². The Morgan fingerprint density at radius 1 is 1.10 bits per heavy atom. The maximum Gasteiger partial charge on any atom is 0.338 e. The molecular formula is C15H13N3O2. The van der Waals surface area contributed by atoms with Crippen molar-refractivity contribution in [2.75, 3.05) is 0 Å². The van der Waals surface area contributed by atoms with Gasteiger partial charge in [0, 0.05) is 6.54 Å². The molecule has 0 fully saturated rings. The second kappa shape index (κ2) is 5.13. The van der Waals surface area contributed by atoms with E-state index in [1.165, 1.54) is 5.56 Å². The number of carboxylic acids is 1. The Balaban J connectivity index is 1.90. The maximum absolute atomic E-state index is 11.1. The number of fused-ring (bicyclic) bond motifs is 1. The van der Waals surface area contributed by atoms with E-state index in [0.29, 0.717) is 12.1 Å². The van der Waals surface area contributed by atoms with Crippen molar-refractivity contribution in [1.29, 1.82) is 0 Å². The van der Waals surface area contributed by atoms with Crippen LogP contribution in [0.25, 0.3) is 11.0 Å². The van der Waals surface area contributed by atoms with Crippen LogP contribution in [-0.2, 0) is 13.0 Å². The summed E-state index contributed by atoms with van der Waals surface area (Å²) in [5, 5.41) is 17.2. The molecule has 2 aromatic carbocycles. The number of hydrogen-bond donors (Lipinski definition) is 1. The lowest BCUT2D eigenvalue weighted by molar-refractivity contribution is 0.0699. The van der Waals surface area contributed by atoms with Crippen molar-refractivity contribution < 1.29 is 9.90 Å². The van der Waals surface area contributed by atoms with E-state index in [0.717, 1.165) is 11.9 Å². The summed E-state index contributed by atoms with van der Waals surface area (Å²) < 4.78 is 1.74. The Labute approximate surface area is 115 Å². The van der Waals surface area contributed by atoms with Gasteiger partial charge in [-0.05, 0) is 24.1 Å². The molecule has 0 amide bonds. The molecule has 0 atom stereocenters. The van der Waals surface area contributed by atoms with Crippen molar-refractivity contribution >= 4 is 17.0 Å². The third-order valence-electron chi connectivity index (χ3n) is 3.23. The molecule has 0 unspecified atom stereocenters. The van der Waals surface area contributed by atoms with Crippen LogP contribution in [0.15, 0.2) is 48.5 Å². The van der Waals surface area contributed by atoms with Crippen molar-refractivity contribution in [2.24, 2.45) is 0 Å². The predicted molar refractivity (Wildman–Crippen MR) is 74.6 cm³/mol. The standard InChI is InChI=1S/C15H13N3O2/c19-15(20)12-7-4-8-13-14(12)16-17-18(13)10-9-11-5-2-1-3-6-11/h1-8H,9-10H2,(H,19,20). The molecule has 0 aliphatic carbocycles. The molecule has 100 valence electrons. The number of aromatic carboxylic acids is 1. The first-order chi connectivity index (χ1) is 9.75. The predicted octanol–water partition coefficient (Wildman–Crippen LogP) is 2.37. The lowest BCUT2D eigenvalue weighted by atomic mass is 10.1. The highest BCUT2D eigenvalue weighted by molar-refractivity contribution is 6.00. The zero-order chi connectivity index (χ0) is 13.9. The molecule has 0 saturated heterocycles. The van der Waals surface area contributed by atoms with E-state index in [-0.39, 0.29) is 5.56 Å². The van der Waals surface area contributed by atoms with Crippen LogP contribution in [0.5, 0.6) is 0 Å². The Hall–Kier alpha value is -2.69. The fraction of sp³-hybridized carbons (Fsp3) is 0.133. The number of aromatic nitrogens is 3. The van der Waals surface area contributed by atoms with Gasteiger partial charge in [0.1, 0.15) is 5.52 Å². The molecule has 3 rings (SSSR count). The van der Waals surface area contributed by atoms with Crippen LogP contribution in [0, 0.1) is 0 Å². The molecule has 1 heterocycles. The molecule has 0 aliphatic rings. The van der Waals surface area contributed by atoms with Crippen molar-refractivity contribution in [3.8, 4) is 0 Å². The summed E-state index contributed by atoms with van der Waals surface area (Å²) in [6, 6.07) is 15.2. The van der Waals surface area contributed by atoms with Crippen LogP contribution in [-0.4, -0.2) is 26.1 Å². The van der Waals surface area contributed by atoms with Crippen LogP contribution in [0.2, 0.25) is 0 Å². The van der Waals surface area contributed by atoms with Crippen LogP contribution >= 0.6 is 0 Å². The summed E-state index contributed by atoms with van der Waals surface area (Å²) in [6.07, 6.45) is 0.830. The molecule has 20 heavy (non-hydrogen) atoms. The fourth-order valence-corrected chi connectivity index (χ4v) is 2.21. The zero-order valence-electron chi connectivity index (χ0n) is 10.7. The van der Waals surface area contributed by atoms with Crippen LogP contribution in [0.1, 0.15) is 15.9 Å². The normalized spacial score (nSPS) is 10.8. The molecule has 0 aliphatic heterocycles. The van der Waals surface area contributed by atoms with Crippen molar-refractivity contribution in [3.05, 3.63) is 59.7 Å². The third kappa shape index (κ3) is 2.25. The Morgan fingerprint density at radius 3 is 2.65 bits per heavy atom. The Morgan fingerprint density at radius 2 is 1.90 bits per heavy atom. The first-order valence-corrected chi connectivity index (χ1v) is 6.35. The van der Waals surface area contributed by atoms with Gasteiger partial charge in [-0.3, -0.25) is 0 Å². The minimum atomic E-state index is -0.981. The van der Waals surface area contributed by atoms with Crippen molar-refractivity contribution in [2.45, 2.75) is 13.0 Å². The van der Waals surface area contributed by atoms with E-state index in [9.17, 15) is 4.79 Å². The average molecular weight is 267 g/mol. The SMILES string of the molecule is O=C(O)c1cccc2c1nnn2CCc1ccccc1. The highest BCUT2D eigenvalue weighted by Crippen LogP contribution is 2.16. The Kier molecular flexibility index (Phi) is 3.16. The number of carbonyl (C=O) groups is 1. The largest absolute Gasteiger partial charge is 0.478 e. The second-order valence-electron chi connectivity index (χ2n) is 4.53. The number of nitrogens with zero attached hydrogens (tertiary/aromatic N) is 3. The van der Waals surface area contributed by atoms with Gasteiger partial charge in [-0.25, -0.2) is 9.48 Å². The molecule has 5 nitrogen and oxygen atoms in total. The minimum absolute atomic E-state index is 0.188. The van der Waals surface area contributed by atoms with E-state index in [1.807, 2.05) is 24.3 Å². The van der Waals surface area contributed by atoms with E-state index in [2.05, 4.69) is 22.4 Å². The van der Waals surface area contributed by atoms with Gasteiger partial charge in [0.05, 0.1) is 11.1 Å². The van der Waals surface area contributed by atoms with Crippen molar-refractivity contribution in [3.63, 3.8) is 0 Å². The molecular weight excluding hydrogens is 254 g/mol. The Bertz CT molecular complexity index is 750. The van der Waals surface area contributed by atoms with Crippen LogP contribution in [0.4, 0.5) is 0 Å². The monoisotopic (exact) mass is 267 g/mol. The van der Waals surface area contributed by atoms with E-state index in [4.69, 9.17) is 5.11 Å². The molecule has 3 aromatic rings. The van der Waals surface area contributed by atoms with Gasteiger partial charge in [-0.1, -0.05) is 41.6 Å². The molecule has 1 aromatic heterocycles. The summed E-state index contributed by atoms with van der Waals surface area (Å²) in [6.45, 7) is 0.670. The maximum atomic E-state index is 11.1. The summed E-state index contributed by atoms with van der Waals surface area (Å²) in [5.74, 6) is -0.981. The third-order valence-corrected chi connectivity index (χ3v) is 3.23. The van der Waals surface area contributed by atoms with Crippen LogP contribution in [0.3, 0.4) is 0 Å². The van der Waals surface area contributed by atoms with Gasteiger partial charge >= 0.3 is 5.97 Å². The van der Waals surface area contributed by atoms with Gasteiger partial charge in [-0.2, -0.15) is 0 Å².